The van der Waals surface area contributed by atoms with Crippen molar-refractivity contribution in [3.8, 4) is 5.75 Å². The monoisotopic (exact) mass is 181 g/mol. The van der Waals surface area contributed by atoms with Crippen LogP contribution in [0.1, 0.15) is 10.4 Å². The minimum atomic E-state index is -1.18. The van der Waals surface area contributed by atoms with Gasteiger partial charge in [0.05, 0.1) is 0 Å². The normalized spacial score (nSPS) is 8.36. The summed E-state index contributed by atoms with van der Waals surface area (Å²) in [5, 5.41) is 17.2. The summed E-state index contributed by atoms with van der Waals surface area (Å²) in [6, 6.07) is 1.23. The van der Waals surface area contributed by atoms with E-state index in [1.54, 1.807) is 0 Å². The van der Waals surface area contributed by atoms with Crippen molar-refractivity contribution >= 4 is 43.7 Å². The van der Waals surface area contributed by atoms with Crippen LogP contribution in [-0.2, 0) is 0 Å². The number of aromatic carboxylic acids is 1. The Kier molecular flexibility index (Phi) is 4.40. The molecule has 0 aromatic carbocycles. The molecule has 1 aromatic rings. The van der Waals surface area contributed by atoms with Crippen molar-refractivity contribution in [3.63, 3.8) is 0 Å². The van der Waals surface area contributed by atoms with E-state index in [1.165, 1.54) is 12.3 Å². The second kappa shape index (κ2) is 4.54. The van der Waals surface area contributed by atoms with Crippen LogP contribution < -0.4 is 0 Å². The second-order valence-corrected chi connectivity index (χ2v) is 1.70. The fraction of sp³-hybridized carbons (Fsp3) is 0. The molecular formula is C6H7CaNO3. The van der Waals surface area contributed by atoms with Gasteiger partial charge in [-0.25, -0.2) is 4.79 Å². The predicted octanol–water partition coefficient (Wildman–Crippen LogP) is -0.431. The molecule has 1 aromatic heterocycles. The second-order valence-electron chi connectivity index (χ2n) is 1.70. The summed E-state index contributed by atoms with van der Waals surface area (Å²) in [6.07, 6.45) is 2.42. The van der Waals surface area contributed by atoms with Gasteiger partial charge in [0, 0.05) is 12.4 Å². The molecule has 0 bridgehead atoms. The first-order chi connectivity index (χ1) is 4.72. The van der Waals surface area contributed by atoms with Gasteiger partial charge >= 0.3 is 43.7 Å². The van der Waals surface area contributed by atoms with E-state index in [1.807, 2.05) is 0 Å². The van der Waals surface area contributed by atoms with Gasteiger partial charge in [0.1, 0.15) is 11.3 Å². The number of carbonyl (C=O) groups is 1. The van der Waals surface area contributed by atoms with E-state index in [-0.39, 0.29) is 49.1 Å². The van der Waals surface area contributed by atoms with Crippen molar-refractivity contribution in [1.29, 1.82) is 0 Å². The molecule has 1 heterocycles. The summed E-state index contributed by atoms with van der Waals surface area (Å²) in [6.45, 7) is 0. The fourth-order valence-electron chi connectivity index (χ4n) is 0.552. The third-order valence-corrected chi connectivity index (χ3v) is 1.03. The van der Waals surface area contributed by atoms with E-state index >= 15 is 0 Å². The molecule has 4 nitrogen and oxygen atoms in total. The number of pyridine rings is 1. The number of aromatic hydroxyl groups is 1. The van der Waals surface area contributed by atoms with Crippen LogP contribution in [-0.4, -0.2) is 58.9 Å². The average molecular weight is 181 g/mol. The van der Waals surface area contributed by atoms with E-state index < -0.39 is 5.97 Å². The van der Waals surface area contributed by atoms with Crippen LogP contribution in [0.4, 0.5) is 0 Å². The summed E-state index contributed by atoms with van der Waals surface area (Å²) < 4.78 is 0. The molecule has 0 saturated carbocycles. The quantitative estimate of drug-likeness (QED) is 0.577. The van der Waals surface area contributed by atoms with Gasteiger partial charge in [0.2, 0.25) is 0 Å². The summed E-state index contributed by atoms with van der Waals surface area (Å²) in [7, 11) is 0. The first kappa shape index (κ1) is 10.7. The summed E-state index contributed by atoms with van der Waals surface area (Å²) in [4.78, 5) is 13.7. The van der Waals surface area contributed by atoms with Crippen LogP contribution >= 0.6 is 0 Å². The maximum absolute atomic E-state index is 10.2. The van der Waals surface area contributed by atoms with Crippen molar-refractivity contribution < 1.29 is 15.0 Å². The van der Waals surface area contributed by atoms with Gasteiger partial charge in [-0.3, -0.25) is 4.98 Å². The van der Waals surface area contributed by atoms with Crippen LogP contribution in [0.3, 0.4) is 0 Å². The molecule has 0 saturated heterocycles. The van der Waals surface area contributed by atoms with Gasteiger partial charge < -0.3 is 10.2 Å². The molecule has 0 aliphatic rings. The summed E-state index contributed by atoms with van der Waals surface area (Å²) in [5.74, 6) is -1.44. The van der Waals surface area contributed by atoms with Gasteiger partial charge in [0.15, 0.2) is 0 Å². The zero-order valence-corrected chi connectivity index (χ0v) is 4.98. The van der Waals surface area contributed by atoms with Crippen LogP contribution in [0.25, 0.3) is 0 Å². The number of carboxylic acid groups (broad SMARTS) is 1. The molecule has 2 N–H and O–H groups in total. The SMILES string of the molecule is O=C(O)c1cnccc1O.[CaH2]. The summed E-state index contributed by atoms with van der Waals surface area (Å²) in [5.41, 5.74) is -0.178. The molecule has 0 atom stereocenters. The average Bonchev–Trinajstić information content (AvgIpc) is 1.88. The molecule has 5 heteroatoms. The molecule has 1 rings (SSSR count). The van der Waals surface area contributed by atoms with Crippen LogP contribution in [0.2, 0.25) is 0 Å². The minimum absolute atomic E-state index is 0. The van der Waals surface area contributed by atoms with Crippen molar-refractivity contribution in [3.05, 3.63) is 24.0 Å². The molecule has 0 radical (unpaired) electrons. The van der Waals surface area contributed by atoms with Crippen molar-refractivity contribution in [2.24, 2.45) is 0 Å². The van der Waals surface area contributed by atoms with Crippen LogP contribution in [0.15, 0.2) is 18.5 Å². The molecule has 0 fully saturated rings. The number of carboxylic acids is 1. The Hall–Kier alpha value is -0.320. The Morgan fingerprint density at radius 2 is 2.18 bits per heavy atom. The number of rotatable bonds is 1. The van der Waals surface area contributed by atoms with E-state index in [0.717, 1.165) is 6.20 Å². The number of aromatic nitrogens is 1. The predicted molar refractivity (Wildman–Crippen MR) is 41.4 cm³/mol. The number of hydrogen-bond acceptors (Lipinski definition) is 3. The zero-order chi connectivity index (χ0) is 7.56. The van der Waals surface area contributed by atoms with Gasteiger partial charge in [-0.2, -0.15) is 0 Å². The van der Waals surface area contributed by atoms with Gasteiger partial charge in [-0.1, -0.05) is 0 Å². The van der Waals surface area contributed by atoms with Crippen molar-refractivity contribution in [1.82, 2.24) is 4.98 Å². The summed E-state index contributed by atoms with van der Waals surface area (Å²) >= 11 is 0. The Bertz CT molecular complexity index is 264. The molecule has 0 amide bonds. The van der Waals surface area contributed by atoms with E-state index in [2.05, 4.69) is 4.98 Å². The maximum atomic E-state index is 10.2. The van der Waals surface area contributed by atoms with Crippen molar-refractivity contribution in [2.45, 2.75) is 0 Å². The van der Waals surface area contributed by atoms with E-state index in [0.29, 0.717) is 0 Å². The molecular weight excluding hydrogens is 174 g/mol. The molecule has 56 valence electrons. The van der Waals surface area contributed by atoms with Gasteiger partial charge in [0.25, 0.3) is 0 Å². The van der Waals surface area contributed by atoms with Gasteiger partial charge in [-0.15, -0.1) is 0 Å². The molecule has 0 aliphatic heterocycles. The number of nitrogens with zero attached hydrogens (tertiary/aromatic N) is 1. The first-order valence-electron chi connectivity index (χ1n) is 2.58. The van der Waals surface area contributed by atoms with E-state index in [4.69, 9.17) is 10.2 Å². The Morgan fingerprint density at radius 3 is 2.55 bits per heavy atom. The zero-order valence-electron chi connectivity index (χ0n) is 4.98. The van der Waals surface area contributed by atoms with E-state index in [9.17, 15) is 4.79 Å². The molecule has 11 heavy (non-hydrogen) atoms. The van der Waals surface area contributed by atoms with Crippen molar-refractivity contribution in [2.75, 3.05) is 0 Å². The topological polar surface area (TPSA) is 70.4 Å². The Labute approximate surface area is 92.9 Å². The molecule has 0 spiro atoms. The van der Waals surface area contributed by atoms with Gasteiger partial charge in [-0.05, 0) is 6.07 Å². The molecule has 0 unspecified atom stereocenters. The third kappa shape index (κ3) is 2.65. The number of hydrogen-bond donors (Lipinski definition) is 2. The third-order valence-electron chi connectivity index (χ3n) is 1.03. The van der Waals surface area contributed by atoms with Crippen LogP contribution in [0, 0.1) is 0 Å². The Balaban J connectivity index is 0.000001000. The first-order valence-corrected chi connectivity index (χ1v) is 2.58. The fourth-order valence-corrected chi connectivity index (χ4v) is 0.552. The molecule has 0 aliphatic carbocycles. The standard InChI is InChI=1S/C6H5NO3.Ca.2H/c8-5-1-2-7-3-4(5)6(9)10;;;/h1-3H,(H,7,8)(H,9,10);;;. The Morgan fingerprint density at radius 1 is 1.55 bits per heavy atom. The van der Waals surface area contributed by atoms with Crippen LogP contribution in [0.5, 0.6) is 5.75 Å².